The third-order valence-corrected chi connectivity index (χ3v) is 4.00. The Hall–Kier alpha value is -1.90. The highest BCUT2D eigenvalue weighted by molar-refractivity contribution is 9.10. The molecule has 0 saturated carbocycles. The number of aromatic amines is 1. The van der Waals surface area contributed by atoms with E-state index < -0.39 is 0 Å². The number of nitrogens with one attached hydrogen (secondary N) is 1. The summed E-state index contributed by atoms with van der Waals surface area (Å²) in [4.78, 5) is 3.18. The van der Waals surface area contributed by atoms with E-state index in [9.17, 15) is 0 Å². The summed E-state index contributed by atoms with van der Waals surface area (Å²) >= 11 is 8.92. The second-order valence-corrected chi connectivity index (χ2v) is 5.84. The van der Waals surface area contributed by atoms with E-state index in [0.717, 1.165) is 26.8 Å². The first-order chi connectivity index (χ1) is 9.60. The Morgan fingerprint density at radius 1 is 1.25 bits per heavy atom. The van der Waals surface area contributed by atoms with E-state index >= 15 is 0 Å². The van der Waals surface area contributed by atoms with Crippen molar-refractivity contribution in [1.82, 2.24) is 9.55 Å². The lowest BCUT2D eigenvalue weighted by Crippen LogP contribution is -1.97. The number of halogens is 1. The molecule has 0 spiro atoms. The van der Waals surface area contributed by atoms with Crippen LogP contribution in [0.15, 0.2) is 40.9 Å². The molecule has 1 aromatic heterocycles. The van der Waals surface area contributed by atoms with Gasteiger partial charge in [0.05, 0.1) is 28.4 Å². The first-order valence-electron chi connectivity index (χ1n) is 6.01. The van der Waals surface area contributed by atoms with Gasteiger partial charge in [0.2, 0.25) is 0 Å². The highest BCUT2D eigenvalue weighted by atomic mass is 79.9. The Morgan fingerprint density at radius 3 is 2.80 bits per heavy atom. The quantitative estimate of drug-likeness (QED) is 0.654. The van der Waals surface area contributed by atoms with Crippen LogP contribution in [0.5, 0.6) is 0 Å². The van der Waals surface area contributed by atoms with Gasteiger partial charge in [-0.25, -0.2) is 0 Å². The molecule has 1 heterocycles. The number of imidazole rings is 1. The lowest BCUT2D eigenvalue weighted by molar-refractivity contribution is 1.05. The number of nitriles is 1. The summed E-state index contributed by atoms with van der Waals surface area (Å²) in [6, 6.07) is 13.7. The van der Waals surface area contributed by atoms with Gasteiger partial charge >= 0.3 is 0 Å². The molecular formula is C15H10BrN3S. The smallest absolute Gasteiger partial charge is 0.182 e. The number of hydrogen-bond donors (Lipinski definition) is 1. The van der Waals surface area contributed by atoms with Crippen molar-refractivity contribution < 1.29 is 0 Å². The van der Waals surface area contributed by atoms with Crippen molar-refractivity contribution in [3.63, 3.8) is 0 Å². The Bertz CT molecular complexity index is 915. The van der Waals surface area contributed by atoms with E-state index in [1.54, 1.807) is 6.07 Å². The van der Waals surface area contributed by atoms with Crippen molar-refractivity contribution in [1.29, 1.82) is 5.26 Å². The standard InChI is InChI=1S/C15H10BrN3S/c1-9-2-4-11(16)7-13(9)19-14-6-10(8-17)3-5-12(14)18-15(19)20/h2-7H,1H3,(H,18,20). The van der Waals surface area contributed by atoms with Gasteiger partial charge in [0.25, 0.3) is 0 Å². The van der Waals surface area contributed by atoms with Crippen LogP contribution in [0.3, 0.4) is 0 Å². The summed E-state index contributed by atoms with van der Waals surface area (Å²) < 4.78 is 3.58. The molecule has 1 N–H and O–H groups in total. The number of aryl methyl sites for hydroxylation is 1. The van der Waals surface area contributed by atoms with Crippen molar-refractivity contribution in [2.24, 2.45) is 0 Å². The minimum absolute atomic E-state index is 0.618. The molecular weight excluding hydrogens is 334 g/mol. The topological polar surface area (TPSA) is 44.5 Å². The first-order valence-corrected chi connectivity index (χ1v) is 7.21. The number of nitrogens with zero attached hydrogens (tertiary/aromatic N) is 2. The van der Waals surface area contributed by atoms with E-state index in [1.807, 2.05) is 41.8 Å². The van der Waals surface area contributed by atoms with Crippen molar-refractivity contribution in [3.8, 4) is 11.8 Å². The summed E-state index contributed by atoms with van der Waals surface area (Å²) in [6.45, 7) is 2.04. The lowest BCUT2D eigenvalue weighted by Gasteiger charge is -2.09. The van der Waals surface area contributed by atoms with Crippen LogP contribution in [-0.4, -0.2) is 9.55 Å². The molecule has 5 heteroatoms. The average molecular weight is 344 g/mol. The molecule has 0 bridgehead atoms. The average Bonchev–Trinajstić information content (AvgIpc) is 2.76. The van der Waals surface area contributed by atoms with Gasteiger partial charge in [-0.2, -0.15) is 5.26 Å². The maximum absolute atomic E-state index is 9.06. The minimum atomic E-state index is 0.618. The van der Waals surface area contributed by atoms with E-state index in [4.69, 9.17) is 17.5 Å². The fourth-order valence-corrected chi connectivity index (χ4v) is 2.89. The highest BCUT2D eigenvalue weighted by Gasteiger charge is 2.10. The van der Waals surface area contributed by atoms with Gasteiger partial charge in [-0.05, 0) is 55.0 Å². The van der Waals surface area contributed by atoms with Crippen molar-refractivity contribution in [2.75, 3.05) is 0 Å². The third kappa shape index (κ3) is 2.07. The molecule has 0 atom stereocenters. The fraction of sp³-hybridized carbons (Fsp3) is 0.0667. The normalized spacial score (nSPS) is 10.7. The highest BCUT2D eigenvalue weighted by Crippen LogP contribution is 2.25. The molecule has 98 valence electrons. The predicted octanol–water partition coefficient (Wildman–Crippen LogP) is 4.63. The van der Waals surface area contributed by atoms with E-state index in [-0.39, 0.29) is 0 Å². The molecule has 0 aliphatic rings. The third-order valence-electron chi connectivity index (χ3n) is 3.22. The zero-order valence-electron chi connectivity index (χ0n) is 10.6. The monoisotopic (exact) mass is 343 g/mol. The summed E-state index contributed by atoms with van der Waals surface area (Å²) in [6.07, 6.45) is 0. The van der Waals surface area contributed by atoms with Gasteiger partial charge in [-0.3, -0.25) is 4.57 Å². The molecule has 3 aromatic rings. The molecule has 0 unspecified atom stereocenters. The summed E-state index contributed by atoms with van der Waals surface area (Å²) in [7, 11) is 0. The van der Waals surface area contributed by atoms with Crippen LogP contribution in [-0.2, 0) is 0 Å². The van der Waals surface area contributed by atoms with Crippen LogP contribution in [0, 0.1) is 23.0 Å². The Morgan fingerprint density at radius 2 is 2.05 bits per heavy atom. The van der Waals surface area contributed by atoms with Crippen LogP contribution in [0.2, 0.25) is 0 Å². The van der Waals surface area contributed by atoms with Crippen molar-refractivity contribution >= 4 is 39.2 Å². The maximum Gasteiger partial charge on any atom is 0.182 e. The minimum Gasteiger partial charge on any atom is -0.330 e. The molecule has 3 nitrogen and oxygen atoms in total. The van der Waals surface area contributed by atoms with Gasteiger partial charge in [0.1, 0.15) is 0 Å². The second-order valence-electron chi connectivity index (χ2n) is 4.54. The van der Waals surface area contributed by atoms with Crippen LogP contribution < -0.4 is 0 Å². The number of benzene rings is 2. The summed E-state index contributed by atoms with van der Waals surface area (Å²) in [5, 5.41) is 9.06. The summed E-state index contributed by atoms with van der Waals surface area (Å²) in [5.74, 6) is 0. The Kier molecular flexibility index (Phi) is 3.20. The summed E-state index contributed by atoms with van der Waals surface area (Å²) in [5.41, 5.74) is 4.58. The Labute approximate surface area is 129 Å². The molecule has 20 heavy (non-hydrogen) atoms. The molecule has 0 fully saturated rings. The molecule has 0 radical (unpaired) electrons. The molecule has 0 saturated heterocycles. The molecule has 0 aliphatic carbocycles. The van der Waals surface area contributed by atoms with E-state index in [0.29, 0.717) is 10.3 Å². The number of aromatic nitrogens is 2. The van der Waals surface area contributed by atoms with E-state index in [2.05, 4.69) is 27.0 Å². The van der Waals surface area contributed by atoms with Gasteiger partial charge < -0.3 is 4.98 Å². The second kappa shape index (κ2) is 4.89. The molecule has 0 amide bonds. The van der Waals surface area contributed by atoms with Crippen LogP contribution in [0.25, 0.3) is 16.7 Å². The predicted molar refractivity (Wildman–Crippen MR) is 85.6 cm³/mol. The molecule has 2 aromatic carbocycles. The van der Waals surface area contributed by atoms with Gasteiger partial charge in [-0.15, -0.1) is 0 Å². The Balaban J connectivity index is 2.41. The number of fused-ring (bicyclic) bond motifs is 1. The zero-order chi connectivity index (χ0) is 14.3. The van der Waals surface area contributed by atoms with Crippen LogP contribution in [0.1, 0.15) is 11.1 Å². The lowest BCUT2D eigenvalue weighted by atomic mass is 10.2. The molecule has 3 rings (SSSR count). The molecule has 0 aliphatic heterocycles. The van der Waals surface area contributed by atoms with Gasteiger partial charge in [0.15, 0.2) is 4.77 Å². The number of H-pyrrole nitrogens is 1. The SMILES string of the molecule is Cc1ccc(Br)cc1-n1c(=S)[nH]c2ccc(C#N)cc21. The van der Waals surface area contributed by atoms with Crippen LogP contribution >= 0.6 is 28.1 Å². The number of hydrogen-bond acceptors (Lipinski definition) is 2. The fourth-order valence-electron chi connectivity index (χ4n) is 2.24. The van der Waals surface area contributed by atoms with Crippen molar-refractivity contribution in [3.05, 3.63) is 56.8 Å². The van der Waals surface area contributed by atoms with Gasteiger partial charge in [0, 0.05) is 4.47 Å². The van der Waals surface area contributed by atoms with Gasteiger partial charge in [-0.1, -0.05) is 22.0 Å². The van der Waals surface area contributed by atoms with E-state index in [1.165, 1.54) is 0 Å². The first kappa shape index (κ1) is 13.1. The number of rotatable bonds is 1. The largest absolute Gasteiger partial charge is 0.330 e. The van der Waals surface area contributed by atoms with Crippen molar-refractivity contribution in [2.45, 2.75) is 6.92 Å². The van der Waals surface area contributed by atoms with Crippen LogP contribution in [0.4, 0.5) is 0 Å². The maximum atomic E-state index is 9.06. The zero-order valence-corrected chi connectivity index (χ0v) is 13.0.